The summed E-state index contributed by atoms with van der Waals surface area (Å²) in [6, 6.07) is 15.3. The Morgan fingerprint density at radius 1 is 1.14 bits per heavy atom. The predicted octanol–water partition coefficient (Wildman–Crippen LogP) is 3.30. The maximum absolute atomic E-state index is 12.9. The number of benzene rings is 2. The summed E-state index contributed by atoms with van der Waals surface area (Å²) in [5.74, 6) is -0.781. The topological polar surface area (TPSA) is 76.1 Å². The van der Waals surface area contributed by atoms with E-state index in [4.69, 9.17) is 9.47 Å². The lowest BCUT2D eigenvalue weighted by atomic mass is 9.95. The number of aliphatic hydroxyl groups excluding tert-OH is 1. The van der Waals surface area contributed by atoms with E-state index in [0.29, 0.717) is 24.5 Å². The molecule has 150 valence electrons. The molecule has 6 heteroatoms. The van der Waals surface area contributed by atoms with Crippen molar-refractivity contribution in [1.82, 2.24) is 4.90 Å². The molecule has 1 amide bonds. The summed E-state index contributed by atoms with van der Waals surface area (Å²) in [7, 11) is 1.58. The number of ketones is 1. The van der Waals surface area contributed by atoms with Gasteiger partial charge < -0.3 is 19.5 Å². The van der Waals surface area contributed by atoms with Crippen LogP contribution in [0.3, 0.4) is 0 Å². The van der Waals surface area contributed by atoms with E-state index in [-0.39, 0.29) is 17.4 Å². The van der Waals surface area contributed by atoms with Gasteiger partial charge in [0.15, 0.2) is 0 Å². The zero-order valence-electron chi connectivity index (χ0n) is 16.2. The zero-order valence-corrected chi connectivity index (χ0v) is 16.2. The molecule has 2 fully saturated rings. The molecule has 0 saturated carbocycles. The molecule has 2 aliphatic rings. The SMILES string of the molecule is COc1ccc([C@@H]2C(=C(O)c3ccccc3)C(=O)C(=O)N2C[C@H]2CCCO2)cc1. The normalized spacial score (nSPS) is 23.6. The molecule has 2 aromatic rings. The number of nitrogens with zero attached hydrogens (tertiary/aromatic N) is 1. The van der Waals surface area contributed by atoms with Gasteiger partial charge in [-0.15, -0.1) is 0 Å². The Morgan fingerprint density at radius 3 is 2.48 bits per heavy atom. The average Bonchev–Trinajstić information content (AvgIpc) is 3.36. The predicted molar refractivity (Wildman–Crippen MR) is 107 cm³/mol. The van der Waals surface area contributed by atoms with Crippen LogP contribution in [0.15, 0.2) is 60.2 Å². The van der Waals surface area contributed by atoms with Gasteiger partial charge in [0.2, 0.25) is 0 Å². The molecule has 0 unspecified atom stereocenters. The molecule has 0 spiro atoms. The lowest BCUT2D eigenvalue weighted by Gasteiger charge is -2.27. The molecule has 0 radical (unpaired) electrons. The number of amides is 1. The number of aliphatic hydroxyl groups is 1. The van der Waals surface area contributed by atoms with Crippen LogP contribution in [0.2, 0.25) is 0 Å². The molecule has 2 atom stereocenters. The number of carbonyl (C=O) groups is 2. The summed E-state index contributed by atoms with van der Waals surface area (Å²) < 4.78 is 10.9. The van der Waals surface area contributed by atoms with Crippen molar-refractivity contribution < 1.29 is 24.2 Å². The third-order valence-corrected chi connectivity index (χ3v) is 5.44. The molecule has 2 heterocycles. The van der Waals surface area contributed by atoms with E-state index in [1.54, 1.807) is 43.5 Å². The molecule has 0 aromatic heterocycles. The van der Waals surface area contributed by atoms with Gasteiger partial charge in [-0.3, -0.25) is 9.59 Å². The summed E-state index contributed by atoms with van der Waals surface area (Å²) in [5, 5.41) is 10.9. The monoisotopic (exact) mass is 393 g/mol. The Bertz CT molecular complexity index is 930. The van der Waals surface area contributed by atoms with Crippen molar-refractivity contribution in [1.29, 1.82) is 0 Å². The lowest BCUT2D eigenvalue weighted by molar-refractivity contribution is -0.140. The number of methoxy groups -OCH3 is 1. The maximum Gasteiger partial charge on any atom is 0.295 e. The van der Waals surface area contributed by atoms with Crippen molar-refractivity contribution in [2.45, 2.75) is 25.0 Å². The van der Waals surface area contributed by atoms with Crippen LogP contribution < -0.4 is 4.74 Å². The minimum absolute atomic E-state index is 0.101. The van der Waals surface area contributed by atoms with Gasteiger partial charge in [-0.25, -0.2) is 0 Å². The molecule has 0 aliphatic carbocycles. The minimum atomic E-state index is -0.676. The van der Waals surface area contributed by atoms with E-state index in [1.165, 1.54) is 4.90 Å². The third-order valence-electron chi connectivity index (χ3n) is 5.44. The molecule has 1 N–H and O–H groups in total. The number of rotatable bonds is 5. The highest BCUT2D eigenvalue weighted by atomic mass is 16.5. The van der Waals surface area contributed by atoms with Crippen LogP contribution in [0.25, 0.3) is 5.76 Å². The third kappa shape index (κ3) is 3.63. The summed E-state index contributed by atoms with van der Waals surface area (Å²) in [6.45, 7) is 0.971. The van der Waals surface area contributed by atoms with Crippen LogP contribution in [-0.2, 0) is 14.3 Å². The highest BCUT2D eigenvalue weighted by molar-refractivity contribution is 6.46. The van der Waals surface area contributed by atoms with E-state index in [9.17, 15) is 14.7 Å². The van der Waals surface area contributed by atoms with E-state index < -0.39 is 17.7 Å². The van der Waals surface area contributed by atoms with Crippen molar-refractivity contribution in [2.75, 3.05) is 20.3 Å². The molecular weight excluding hydrogens is 370 g/mol. The van der Waals surface area contributed by atoms with Crippen LogP contribution in [0.1, 0.15) is 30.0 Å². The Labute approximate surface area is 169 Å². The number of carbonyl (C=O) groups excluding carboxylic acids is 2. The van der Waals surface area contributed by atoms with Crippen molar-refractivity contribution in [3.05, 3.63) is 71.3 Å². The van der Waals surface area contributed by atoms with Crippen molar-refractivity contribution >= 4 is 17.4 Å². The van der Waals surface area contributed by atoms with E-state index in [0.717, 1.165) is 18.4 Å². The fourth-order valence-corrected chi connectivity index (χ4v) is 3.96. The lowest BCUT2D eigenvalue weighted by Crippen LogP contribution is -2.36. The molecule has 2 saturated heterocycles. The zero-order chi connectivity index (χ0) is 20.4. The Hall–Kier alpha value is -3.12. The first-order valence-electron chi connectivity index (χ1n) is 9.69. The van der Waals surface area contributed by atoms with Crippen LogP contribution in [0.4, 0.5) is 0 Å². The summed E-state index contributed by atoms with van der Waals surface area (Å²) in [4.78, 5) is 27.4. The first-order valence-corrected chi connectivity index (χ1v) is 9.69. The number of hydrogen-bond donors (Lipinski definition) is 1. The van der Waals surface area contributed by atoms with E-state index >= 15 is 0 Å². The summed E-state index contributed by atoms with van der Waals surface area (Å²) in [5.41, 5.74) is 1.34. The van der Waals surface area contributed by atoms with Gasteiger partial charge in [0, 0.05) is 18.7 Å². The van der Waals surface area contributed by atoms with Crippen LogP contribution in [0.5, 0.6) is 5.75 Å². The van der Waals surface area contributed by atoms with Crippen LogP contribution >= 0.6 is 0 Å². The van der Waals surface area contributed by atoms with Gasteiger partial charge in [-0.2, -0.15) is 0 Å². The van der Waals surface area contributed by atoms with Crippen molar-refractivity contribution in [3.8, 4) is 5.75 Å². The molecule has 6 nitrogen and oxygen atoms in total. The maximum atomic E-state index is 12.9. The molecule has 29 heavy (non-hydrogen) atoms. The fourth-order valence-electron chi connectivity index (χ4n) is 3.96. The quantitative estimate of drug-likeness (QED) is 0.479. The number of likely N-dealkylation sites (tertiary alicyclic amines) is 1. The van der Waals surface area contributed by atoms with Crippen molar-refractivity contribution in [2.24, 2.45) is 0 Å². The first-order chi connectivity index (χ1) is 14.1. The highest BCUT2D eigenvalue weighted by Gasteiger charge is 2.47. The molecular formula is C23H23NO5. The minimum Gasteiger partial charge on any atom is -0.507 e. The number of Topliss-reactive ketones (excluding diaryl/α,β-unsaturated/α-hetero) is 1. The number of ether oxygens (including phenoxy) is 2. The molecule has 4 rings (SSSR count). The van der Waals surface area contributed by atoms with Gasteiger partial charge in [0.1, 0.15) is 11.5 Å². The second-order valence-corrected chi connectivity index (χ2v) is 7.23. The summed E-state index contributed by atoms with van der Waals surface area (Å²) in [6.07, 6.45) is 1.67. The van der Waals surface area contributed by atoms with E-state index in [1.807, 2.05) is 18.2 Å². The van der Waals surface area contributed by atoms with Gasteiger partial charge in [-0.05, 0) is 30.5 Å². The molecule has 0 bridgehead atoms. The smallest absolute Gasteiger partial charge is 0.295 e. The van der Waals surface area contributed by atoms with Crippen molar-refractivity contribution in [3.63, 3.8) is 0 Å². The average molecular weight is 393 g/mol. The largest absolute Gasteiger partial charge is 0.507 e. The van der Waals surface area contributed by atoms with Gasteiger partial charge in [-0.1, -0.05) is 42.5 Å². The van der Waals surface area contributed by atoms with E-state index in [2.05, 4.69) is 0 Å². The first kappa shape index (κ1) is 19.2. The Kier molecular flexibility index (Phi) is 5.36. The Morgan fingerprint density at radius 2 is 1.86 bits per heavy atom. The number of hydrogen-bond acceptors (Lipinski definition) is 5. The molecule has 2 aromatic carbocycles. The standard InChI is InChI=1S/C23H23NO5/c1-28-17-11-9-15(10-12-17)20-19(21(25)16-6-3-2-4-7-16)22(26)23(27)24(20)14-18-8-5-13-29-18/h2-4,6-7,9-12,18,20,25H,5,8,13-14H2,1H3/t18-,20-/m1/s1. The second-order valence-electron chi connectivity index (χ2n) is 7.23. The summed E-state index contributed by atoms with van der Waals surface area (Å²) >= 11 is 0. The van der Waals surface area contributed by atoms with Crippen LogP contribution in [-0.4, -0.2) is 48.1 Å². The fraction of sp³-hybridized carbons (Fsp3) is 0.304. The van der Waals surface area contributed by atoms with Gasteiger partial charge in [0.05, 0.1) is 24.8 Å². The second kappa shape index (κ2) is 8.09. The highest BCUT2D eigenvalue weighted by Crippen LogP contribution is 2.40. The Balaban J connectivity index is 1.80. The van der Waals surface area contributed by atoms with Crippen LogP contribution in [0, 0.1) is 0 Å². The van der Waals surface area contributed by atoms with Gasteiger partial charge in [0.25, 0.3) is 11.7 Å². The molecule has 2 aliphatic heterocycles. The van der Waals surface area contributed by atoms with Gasteiger partial charge >= 0.3 is 0 Å².